The van der Waals surface area contributed by atoms with E-state index in [1.807, 2.05) is 19.9 Å². The Kier molecular flexibility index (Phi) is 4.58. The Morgan fingerprint density at radius 2 is 2.14 bits per heavy atom. The lowest BCUT2D eigenvalue weighted by Crippen LogP contribution is -2.46. The van der Waals surface area contributed by atoms with Crippen molar-refractivity contribution in [3.8, 4) is 5.88 Å². The molecule has 0 aromatic carbocycles. The minimum Gasteiger partial charge on any atom is -0.478 e. The fourth-order valence-corrected chi connectivity index (χ4v) is 3.00. The van der Waals surface area contributed by atoms with Gasteiger partial charge in [-0.3, -0.25) is 0 Å². The van der Waals surface area contributed by atoms with Crippen LogP contribution in [-0.2, 0) is 0 Å². The molecule has 1 saturated carbocycles. The lowest BCUT2D eigenvalue weighted by molar-refractivity contribution is 0.325. The van der Waals surface area contributed by atoms with Gasteiger partial charge in [0.15, 0.2) is 0 Å². The van der Waals surface area contributed by atoms with E-state index in [-0.39, 0.29) is 0 Å². The summed E-state index contributed by atoms with van der Waals surface area (Å²) in [7, 11) is 0. The summed E-state index contributed by atoms with van der Waals surface area (Å²) in [5.41, 5.74) is 0. The Balaban J connectivity index is 1.74. The molecule has 1 aromatic heterocycles. The minimum atomic E-state index is 0.545. The standard InChI is InChI=1S/C16H26N4O/c1-3-21-16-10-15(18-12(2)19-16)20-9-5-4-6-14(20)11-17-13-7-8-13/h10,13-14,17H,3-9,11H2,1-2H3. The highest BCUT2D eigenvalue weighted by Gasteiger charge is 2.27. The van der Waals surface area contributed by atoms with E-state index < -0.39 is 0 Å². The van der Waals surface area contributed by atoms with E-state index in [2.05, 4.69) is 20.2 Å². The molecule has 1 N–H and O–H groups in total. The zero-order valence-electron chi connectivity index (χ0n) is 13.1. The highest BCUT2D eigenvalue weighted by Crippen LogP contribution is 2.26. The molecule has 2 heterocycles. The van der Waals surface area contributed by atoms with E-state index in [9.17, 15) is 0 Å². The Hall–Kier alpha value is -1.36. The van der Waals surface area contributed by atoms with Crippen LogP contribution in [0.15, 0.2) is 6.07 Å². The van der Waals surface area contributed by atoms with Crippen molar-refractivity contribution in [2.45, 2.75) is 58.0 Å². The molecule has 21 heavy (non-hydrogen) atoms. The number of hydrogen-bond acceptors (Lipinski definition) is 5. The molecule has 1 saturated heterocycles. The fraction of sp³-hybridized carbons (Fsp3) is 0.750. The molecular weight excluding hydrogens is 264 g/mol. The second kappa shape index (κ2) is 6.60. The summed E-state index contributed by atoms with van der Waals surface area (Å²) < 4.78 is 5.57. The van der Waals surface area contributed by atoms with Gasteiger partial charge in [0.05, 0.1) is 6.61 Å². The van der Waals surface area contributed by atoms with E-state index in [1.54, 1.807) is 0 Å². The predicted octanol–water partition coefficient (Wildman–Crippen LogP) is 2.29. The van der Waals surface area contributed by atoms with Gasteiger partial charge in [0.25, 0.3) is 0 Å². The van der Waals surface area contributed by atoms with Crippen molar-refractivity contribution in [2.75, 3.05) is 24.6 Å². The molecule has 0 bridgehead atoms. The SMILES string of the molecule is CCOc1cc(N2CCCCC2CNC2CC2)nc(C)n1. The van der Waals surface area contributed by atoms with Gasteiger partial charge in [-0.05, 0) is 46.0 Å². The molecule has 1 atom stereocenters. The van der Waals surface area contributed by atoms with Crippen molar-refractivity contribution in [3.05, 3.63) is 11.9 Å². The number of ether oxygens (including phenoxy) is 1. The highest BCUT2D eigenvalue weighted by atomic mass is 16.5. The van der Waals surface area contributed by atoms with E-state index in [0.29, 0.717) is 18.5 Å². The molecule has 3 rings (SSSR count). The number of nitrogens with zero attached hydrogens (tertiary/aromatic N) is 3. The van der Waals surface area contributed by atoms with Crippen LogP contribution in [0.3, 0.4) is 0 Å². The molecule has 1 unspecified atom stereocenters. The Morgan fingerprint density at radius 3 is 2.90 bits per heavy atom. The van der Waals surface area contributed by atoms with E-state index in [1.165, 1.54) is 32.1 Å². The third-order valence-corrected chi connectivity index (χ3v) is 4.23. The predicted molar refractivity (Wildman–Crippen MR) is 83.9 cm³/mol. The summed E-state index contributed by atoms with van der Waals surface area (Å²) in [6, 6.07) is 3.30. The van der Waals surface area contributed by atoms with Crippen LogP contribution in [0.2, 0.25) is 0 Å². The van der Waals surface area contributed by atoms with Crippen LogP contribution in [0, 0.1) is 6.92 Å². The monoisotopic (exact) mass is 290 g/mol. The number of aryl methyl sites for hydroxylation is 1. The average Bonchev–Trinajstić information content (AvgIpc) is 3.29. The minimum absolute atomic E-state index is 0.545. The summed E-state index contributed by atoms with van der Waals surface area (Å²) in [5.74, 6) is 2.50. The van der Waals surface area contributed by atoms with Gasteiger partial charge in [-0.15, -0.1) is 0 Å². The van der Waals surface area contributed by atoms with Crippen LogP contribution in [0.5, 0.6) is 5.88 Å². The van der Waals surface area contributed by atoms with Gasteiger partial charge in [-0.1, -0.05) is 0 Å². The van der Waals surface area contributed by atoms with Gasteiger partial charge in [-0.2, -0.15) is 4.98 Å². The largest absolute Gasteiger partial charge is 0.478 e. The summed E-state index contributed by atoms with van der Waals surface area (Å²) >= 11 is 0. The van der Waals surface area contributed by atoms with Crippen LogP contribution < -0.4 is 15.0 Å². The number of nitrogens with one attached hydrogen (secondary N) is 1. The van der Waals surface area contributed by atoms with E-state index in [4.69, 9.17) is 4.74 Å². The van der Waals surface area contributed by atoms with Crippen LogP contribution in [0.25, 0.3) is 0 Å². The van der Waals surface area contributed by atoms with Gasteiger partial charge >= 0.3 is 0 Å². The fourth-order valence-electron chi connectivity index (χ4n) is 3.00. The Labute approximate surface area is 127 Å². The van der Waals surface area contributed by atoms with Crippen molar-refractivity contribution in [1.29, 1.82) is 0 Å². The Bertz CT molecular complexity index is 475. The summed E-state index contributed by atoms with van der Waals surface area (Å²) in [6.07, 6.45) is 6.48. The normalized spacial score (nSPS) is 22.4. The van der Waals surface area contributed by atoms with E-state index in [0.717, 1.165) is 30.8 Å². The molecule has 1 aliphatic heterocycles. The van der Waals surface area contributed by atoms with Crippen molar-refractivity contribution >= 4 is 5.82 Å². The van der Waals surface area contributed by atoms with Crippen molar-refractivity contribution in [3.63, 3.8) is 0 Å². The molecule has 2 aliphatic rings. The van der Waals surface area contributed by atoms with Crippen molar-refractivity contribution in [2.24, 2.45) is 0 Å². The van der Waals surface area contributed by atoms with Gasteiger partial charge in [0.1, 0.15) is 11.6 Å². The van der Waals surface area contributed by atoms with Crippen LogP contribution in [-0.4, -0.2) is 41.7 Å². The topological polar surface area (TPSA) is 50.3 Å². The van der Waals surface area contributed by atoms with Crippen molar-refractivity contribution in [1.82, 2.24) is 15.3 Å². The van der Waals surface area contributed by atoms with E-state index >= 15 is 0 Å². The zero-order chi connectivity index (χ0) is 14.7. The first kappa shape index (κ1) is 14.6. The molecule has 2 fully saturated rings. The first-order valence-corrected chi connectivity index (χ1v) is 8.24. The summed E-state index contributed by atoms with van der Waals surface area (Å²) in [4.78, 5) is 11.4. The van der Waals surface area contributed by atoms with Crippen molar-refractivity contribution < 1.29 is 4.74 Å². The maximum atomic E-state index is 5.57. The summed E-state index contributed by atoms with van der Waals surface area (Å²) in [5, 5.41) is 3.66. The molecule has 0 spiro atoms. The quantitative estimate of drug-likeness (QED) is 0.871. The lowest BCUT2D eigenvalue weighted by Gasteiger charge is -2.37. The maximum absolute atomic E-state index is 5.57. The molecule has 0 radical (unpaired) electrons. The molecule has 1 aromatic rings. The first-order valence-electron chi connectivity index (χ1n) is 8.24. The second-order valence-electron chi connectivity index (χ2n) is 6.07. The third kappa shape index (κ3) is 3.84. The third-order valence-electron chi connectivity index (χ3n) is 4.23. The highest BCUT2D eigenvalue weighted by molar-refractivity contribution is 5.43. The van der Waals surface area contributed by atoms with Gasteiger partial charge < -0.3 is 15.0 Å². The van der Waals surface area contributed by atoms with Gasteiger partial charge in [-0.25, -0.2) is 4.98 Å². The van der Waals surface area contributed by atoms with Crippen LogP contribution >= 0.6 is 0 Å². The van der Waals surface area contributed by atoms with Crippen LogP contribution in [0.4, 0.5) is 5.82 Å². The summed E-state index contributed by atoms with van der Waals surface area (Å²) in [6.45, 7) is 6.72. The second-order valence-corrected chi connectivity index (χ2v) is 6.07. The number of rotatable bonds is 6. The molecule has 116 valence electrons. The van der Waals surface area contributed by atoms with Gasteiger partial charge in [0.2, 0.25) is 5.88 Å². The molecular formula is C16H26N4O. The number of aromatic nitrogens is 2. The first-order chi connectivity index (χ1) is 10.3. The number of anilines is 1. The average molecular weight is 290 g/mol. The smallest absolute Gasteiger partial charge is 0.218 e. The van der Waals surface area contributed by atoms with Gasteiger partial charge in [0, 0.05) is 31.2 Å². The maximum Gasteiger partial charge on any atom is 0.218 e. The molecule has 5 nitrogen and oxygen atoms in total. The molecule has 0 amide bonds. The van der Waals surface area contributed by atoms with Crippen LogP contribution in [0.1, 0.15) is 44.9 Å². The zero-order valence-corrected chi connectivity index (χ0v) is 13.1. The Morgan fingerprint density at radius 1 is 1.29 bits per heavy atom. The number of piperidine rings is 1. The molecule has 5 heteroatoms. The number of hydrogen-bond donors (Lipinski definition) is 1. The molecule has 1 aliphatic carbocycles. The lowest BCUT2D eigenvalue weighted by atomic mass is 10.0.